The van der Waals surface area contributed by atoms with Gasteiger partial charge in [0.25, 0.3) is 0 Å². The van der Waals surface area contributed by atoms with E-state index in [9.17, 15) is 0 Å². The van der Waals surface area contributed by atoms with Gasteiger partial charge in [0.2, 0.25) is 0 Å². The van der Waals surface area contributed by atoms with Crippen LogP contribution in [0, 0.1) is 29.1 Å². The summed E-state index contributed by atoms with van der Waals surface area (Å²) in [4.78, 5) is 0. The first-order chi connectivity index (χ1) is 7.84. The van der Waals surface area contributed by atoms with Crippen LogP contribution < -0.4 is 5.32 Å². The average Bonchev–Trinajstić information content (AvgIpc) is 2.28. The van der Waals surface area contributed by atoms with Gasteiger partial charge in [-0.25, -0.2) is 0 Å². The highest BCUT2D eigenvalue weighted by Crippen LogP contribution is 2.63. The lowest BCUT2D eigenvalue weighted by Gasteiger charge is -2.60. The van der Waals surface area contributed by atoms with E-state index < -0.39 is 0 Å². The Hall–Kier alpha value is -0.0400. The fraction of sp³-hybridized carbons (Fsp3) is 1.00. The van der Waals surface area contributed by atoms with E-state index in [1.807, 2.05) is 0 Å². The van der Waals surface area contributed by atoms with Crippen LogP contribution >= 0.6 is 0 Å². The van der Waals surface area contributed by atoms with Crippen LogP contribution in [0.2, 0.25) is 0 Å². The van der Waals surface area contributed by atoms with E-state index in [0.29, 0.717) is 0 Å². The molecule has 4 aliphatic carbocycles. The molecule has 1 unspecified atom stereocenters. The molecule has 1 heteroatoms. The Morgan fingerprint density at radius 3 is 2.00 bits per heavy atom. The molecular weight excluding hydrogens is 194 g/mol. The van der Waals surface area contributed by atoms with E-state index in [1.54, 1.807) is 38.5 Å². The maximum Gasteiger partial charge on any atom is -0.00152 e. The second-order valence-electron chi connectivity index (χ2n) is 7.32. The molecule has 0 aromatic rings. The Morgan fingerprint density at radius 1 is 0.875 bits per heavy atom. The molecule has 1 heterocycles. The molecule has 0 aromatic heterocycles. The van der Waals surface area contributed by atoms with Gasteiger partial charge in [-0.05, 0) is 93.5 Å². The lowest BCUT2D eigenvalue weighted by molar-refractivity contribution is -0.0915. The lowest BCUT2D eigenvalue weighted by Crippen LogP contribution is -2.52. The van der Waals surface area contributed by atoms with Crippen molar-refractivity contribution in [2.24, 2.45) is 29.1 Å². The van der Waals surface area contributed by atoms with Crippen molar-refractivity contribution in [1.82, 2.24) is 5.32 Å². The van der Waals surface area contributed by atoms with Crippen molar-refractivity contribution in [3.8, 4) is 0 Å². The summed E-state index contributed by atoms with van der Waals surface area (Å²) in [5, 5.41) is 3.66. The number of nitrogens with one attached hydrogen (secondary N) is 1. The molecule has 16 heavy (non-hydrogen) atoms. The standard InChI is InChI=1S/C15H25N/c1-2-14(10-16-3-1)15-7-11-4-12(8-15)6-13(5-11)9-15/h11-14,16H,1-10H2. The smallest absolute Gasteiger partial charge is 0.00152 e. The highest BCUT2D eigenvalue weighted by Gasteiger charge is 2.53. The summed E-state index contributed by atoms with van der Waals surface area (Å²) >= 11 is 0. The van der Waals surface area contributed by atoms with Gasteiger partial charge in [0.15, 0.2) is 0 Å². The molecular formula is C15H25N. The maximum atomic E-state index is 3.66. The van der Waals surface area contributed by atoms with E-state index in [4.69, 9.17) is 0 Å². The molecule has 1 saturated heterocycles. The molecule has 5 rings (SSSR count). The Bertz CT molecular complexity index is 242. The Labute approximate surface area is 99.4 Å². The van der Waals surface area contributed by atoms with Crippen molar-refractivity contribution in [2.45, 2.75) is 51.4 Å². The Kier molecular flexibility index (Phi) is 2.16. The topological polar surface area (TPSA) is 12.0 Å². The molecule has 1 atom stereocenters. The van der Waals surface area contributed by atoms with Gasteiger partial charge in [-0.1, -0.05) is 0 Å². The van der Waals surface area contributed by atoms with Gasteiger partial charge in [-0.3, -0.25) is 0 Å². The van der Waals surface area contributed by atoms with Gasteiger partial charge in [-0.2, -0.15) is 0 Å². The van der Waals surface area contributed by atoms with E-state index in [2.05, 4.69) is 5.32 Å². The van der Waals surface area contributed by atoms with E-state index in [1.165, 1.54) is 25.9 Å². The minimum absolute atomic E-state index is 0.808. The second-order valence-corrected chi connectivity index (χ2v) is 7.32. The summed E-state index contributed by atoms with van der Waals surface area (Å²) in [6, 6.07) is 0. The van der Waals surface area contributed by atoms with Gasteiger partial charge < -0.3 is 5.32 Å². The third kappa shape index (κ3) is 1.40. The van der Waals surface area contributed by atoms with Crippen molar-refractivity contribution in [3.05, 3.63) is 0 Å². The van der Waals surface area contributed by atoms with Crippen LogP contribution in [0.1, 0.15) is 51.4 Å². The van der Waals surface area contributed by atoms with Gasteiger partial charge in [-0.15, -0.1) is 0 Å². The van der Waals surface area contributed by atoms with Crippen molar-refractivity contribution in [2.75, 3.05) is 13.1 Å². The minimum atomic E-state index is 0.808. The first-order valence-electron chi connectivity index (χ1n) is 7.55. The molecule has 0 aromatic carbocycles. The first kappa shape index (κ1) is 9.94. The predicted octanol–water partition coefficient (Wildman–Crippen LogP) is 3.20. The zero-order valence-electron chi connectivity index (χ0n) is 10.4. The molecule has 0 spiro atoms. The van der Waals surface area contributed by atoms with Crippen LogP contribution in [0.3, 0.4) is 0 Å². The van der Waals surface area contributed by atoms with Crippen LogP contribution in [-0.2, 0) is 0 Å². The van der Waals surface area contributed by atoms with Crippen molar-refractivity contribution >= 4 is 0 Å². The summed E-state index contributed by atoms with van der Waals surface area (Å²) < 4.78 is 0. The summed E-state index contributed by atoms with van der Waals surface area (Å²) in [5.74, 6) is 4.43. The molecule has 5 aliphatic rings. The number of rotatable bonds is 1. The Morgan fingerprint density at radius 2 is 1.50 bits per heavy atom. The molecule has 1 nitrogen and oxygen atoms in total. The van der Waals surface area contributed by atoms with Crippen molar-refractivity contribution in [3.63, 3.8) is 0 Å². The first-order valence-corrected chi connectivity index (χ1v) is 7.55. The van der Waals surface area contributed by atoms with Gasteiger partial charge in [0.05, 0.1) is 0 Å². The van der Waals surface area contributed by atoms with Gasteiger partial charge in [0, 0.05) is 0 Å². The summed E-state index contributed by atoms with van der Waals surface area (Å²) in [6.07, 6.45) is 12.6. The maximum absolute atomic E-state index is 3.66. The predicted molar refractivity (Wildman–Crippen MR) is 66.2 cm³/mol. The molecule has 0 radical (unpaired) electrons. The quantitative estimate of drug-likeness (QED) is 0.714. The zero-order valence-corrected chi connectivity index (χ0v) is 10.4. The van der Waals surface area contributed by atoms with Crippen LogP contribution in [-0.4, -0.2) is 13.1 Å². The SMILES string of the molecule is C1CNCC(C23CC4CC(CC(C4)C2)C3)C1. The fourth-order valence-corrected chi connectivity index (χ4v) is 6.05. The van der Waals surface area contributed by atoms with Crippen molar-refractivity contribution < 1.29 is 0 Å². The third-order valence-corrected chi connectivity index (χ3v) is 6.25. The molecule has 90 valence electrons. The van der Waals surface area contributed by atoms with E-state index in [-0.39, 0.29) is 0 Å². The number of hydrogen-bond donors (Lipinski definition) is 1. The average molecular weight is 219 g/mol. The molecule has 4 saturated carbocycles. The van der Waals surface area contributed by atoms with Crippen LogP contribution in [0.15, 0.2) is 0 Å². The van der Waals surface area contributed by atoms with E-state index in [0.717, 1.165) is 29.1 Å². The van der Waals surface area contributed by atoms with Crippen LogP contribution in [0.4, 0.5) is 0 Å². The monoisotopic (exact) mass is 219 g/mol. The molecule has 0 amide bonds. The fourth-order valence-electron chi connectivity index (χ4n) is 6.05. The normalized spacial score (nSPS) is 55.5. The second kappa shape index (κ2) is 3.48. The molecule has 4 bridgehead atoms. The number of hydrogen-bond acceptors (Lipinski definition) is 1. The van der Waals surface area contributed by atoms with E-state index >= 15 is 0 Å². The molecule has 1 aliphatic heterocycles. The molecule has 1 N–H and O–H groups in total. The number of piperidine rings is 1. The van der Waals surface area contributed by atoms with Crippen LogP contribution in [0.25, 0.3) is 0 Å². The Balaban J connectivity index is 1.60. The summed E-state index contributed by atoms with van der Waals surface area (Å²) in [5.41, 5.74) is 0.808. The summed E-state index contributed by atoms with van der Waals surface area (Å²) in [6.45, 7) is 2.62. The minimum Gasteiger partial charge on any atom is -0.316 e. The largest absolute Gasteiger partial charge is 0.316 e. The van der Waals surface area contributed by atoms with Gasteiger partial charge in [0.1, 0.15) is 0 Å². The third-order valence-electron chi connectivity index (χ3n) is 6.25. The van der Waals surface area contributed by atoms with Crippen molar-refractivity contribution in [1.29, 1.82) is 0 Å². The molecule has 5 fully saturated rings. The zero-order chi connectivity index (χ0) is 10.6. The highest BCUT2D eigenvalue weighted by atomic mass is 14.9. The summed E-state index contributed by atoms with van der Waals surface area (Å²) in [7, 11) is 0. The van der Waals surface area contributed by atoms with Gasteiger partial charge >= 0.3 is 0 Å². The highest BCUT2D eigenvalue weighted by molar-refractivity contribution is 5.04. The lowest BCUT2D eigenvalue weighted by atomic mass is 9.46. The van der Waals surface area contributed by atoms with Crippen LogP contribution in [0.5, 0.6) is 0 Å².